The van der Waals surface area contributed by atoms with Gasteiger partial charge < -0.3 is 4.74 Å². The van der Waals surface area contributed by atoms with Gasteiger partial charge in [-0.05, 0) is 23.8 Å². The van der Waals surface area contributed by atoms with Gasteiger partial charge in [0.05, 0.1) is 18.9 Å². The van der Waals surface area contributed by atoms with Gasteiger partial charge in [0.1, 0.15) is 0 Å². The quantitative estimate of drug-likeness (QED) is 0.710. The minimum atomic E-state index is 0.655. The van der Waals surface area contributed by atoms with Gasteiger partial charge in [0.2, 0.25) is 0 Å². The molecule has 0 atom stereocenters. The number of ether oxygens (including phenoxy) is 1. The third kappa shape index (κ3) is 4.15. The largest absolute Gasteiger partial charge is 0.376 e. The second kappa shape index (κ2) is 8.21. The van der Waals surface area contributed by atoms with E-state index in [0.29, 0.717) is 6.61 Å². The third-order valence-corrected chi connectivity index (χ3v) is 4.69. The van der Waals surface area contributed by atoms with Crippen LogP contribution in [0.4, 0.5) is 0 Å². The Morgan fingerprint density at radius 2 is 2.12 bits per heavy atom. The fourth-order valence-electron chi connectivity index (χ4n) is 3.29. The van der Waals surface area contributed by atoms with E-state index in [-0.39, 0.29) is 0 Å². The Kier molecular flexibility index (Phi) is 5.33. The van der Waals surface area contributed by atoms with Gasteiger partial charge in [-0.25, -0.2) is 0 Å². The molecule has 0 spiro atoms. The number of fused-ring (bicyclic) bond motifs is 1. The van der Waals surface area contributed by atoms with Crippen LogP contribution in [0.3, 0.4) is 0 Å². The van der Waals surface area contributed by atoms with Crippen LogP contribution in [0.5, 0.6) is 0 Å². The fourth-order valence-corrected chi connectivity index (χ4v) is 3.29. The predicted octanol–water partition coefficient (Wildman–Crippen LogP) is 2.52. The fraction of sp³-hybridized carbons (Fsp3) is 0.350. The molecule has 0 unspecified atom stereocenters. The summed E-state index contributed by atoms with van der Waals surface area (Å²) >= 11 is 0. The molecule has 6 nitrogen and oxygen atoms in total. The van der Waals surface area contributed by atoms with E-state index in [4.69, 9.17) is 4.74 Å². The van der Waals surface area contributed by atoms with E-state index < -0.39 is 0 Å². The molecule has 3 aromatic heterocycles. The molecule has 0 aliphatic carbocycles. The molecular weight excluding hydrogens is 326 g/mol. The van der Waals surface area contributed by atoms with Gasteiger partial charge in [-0.1, -0.05) is 12.1 Å². The molecule has 0 radical (unpaired) electrons. The smallest absolute Gasteiger partial charge is 0.0820 e. The number of aromatic amines is 1. The molecule has 1 aliphatic rings. The van der Waals surface area contributed by atoms with Crippen molar-refractivity contribution < 1.29 is 4.74 Å². The van der Waals surface area contributed by atoms with Crippen molar-refractivity contribution in [2.24, 2.45) is 0 Å². The molecular formula is C20H23N5O. The van der Waals surface area contributed by atoms with Gasteiger partial charge >= 0.3 is 0 Å². The highest BCUT2D eigenvalue weighted by molar-refractivity contribution is 5.26. The molecule has 1 aliphatic heterocycles. The van der Waals surface area contributed by atoms with E-state index in [0.717, 1.165) is 50.5 Å². The molecule has 0 amide bonds. The Morgan fingerprint density at radius 1 is 1.12 bits per heavy atom. The van der Waals surface area contributed by atoms with Gasteiger partial charge in [-0.2, -0.15) is 5.10 Å². The average Bonchev–Trinajstić information content (AvgIpc) is 3.11. The number of rotatable bonds is 7. The Balaban J connectivity index is 1.49. The van der Waals surface area contributed by atoms with Crippen LogP contribution in [0.25, 0.3) is 0 Å². The maximum absolute atomic E-state index is 5.63. The van der Waals surface area contributed by atoms with Crippen molar-refractivity contribution in [3.05, 3.63) is 77.1 Å². The van der Waals surface area contributed by atoms with Crippen LogP contribution in [0.15, 0.2) is 48.9 Å². The molecule has 0 bridgehead atoms. The highest BCUT2D eigenvalue weighted by atomic mass is 16.5. The first-order valence-electron chi connectivity index (χ1n) is 9.02. The Labute approximate surface area is 153 Å². The van der Waals surface area contributed by atoms with Crippen molar-refractivity contribution in [3.8, 4) is 0 Å². The minimum absolute atomic E-state index is 0.655. The number of nitrogens with zero attached hydrogens (tertiary/aromatic N) is 4. The van der Waals surface area contributed by atoms with E-state index in [2.05, 4.69) is 37.2 Å². The molecule has 26 heavy (non-hydrogen) atoms. The van der Waals surface area contributed by atoms with Crippen molar-refractivity contribution >= 4 is 0 Å². The minimum Gasteiger partial charge on any atom is -0.376 e. The predicted molar refractivity (Wildman–Crippen MR) is 98.2 cm³/mol. The van der Waals surface area contributed by atoms with Crippen molar-refractivity contribution in [3.63, 3.8) is 0 Å². The van der Waals surface area contributed by atoms with Gasteiger partial charge in [-0.15, -0.1) is 0 Å². The van der Waals surface area contributed by atoms with Crippen molar-refractivity contribution in [1.29, 1.82) is 0 Å². The second-order valence-corrected chi connectivity index (χ2v) is 6.57. The summed E-state index contributed by atoms with van der Waals surface area (Å²) in [5.41, 5.74) is 5.84. The van der Waals surface area contributed by atoms with Crippen LogP contribution in [-0.4, -0.2) is 38.2 Å². The normalized spacial score (nSPS) is 13.7. The number of hydrogen-bond acceptors (Lipinski definition) is 5. The van der Waals surface area contributed by atoms with E-state index in [1.165, 1.54) is 16.8 Å². The summed E-state index contributed by atoms with van der Waals surface area (Å²) in [5.74, 6) is 0. The van der Waals surface area contributed by atoms with E-state index in [9.17, 15) is 0 Å². The van der Waals surface area contributed by atoms with E-state index in [1.807, 2.05) is 36.8 Å². The Bertz CT molecular complexity index is 819. The number of pyridine rings is 2. The highest BCUT2D eigenvalue weighted by Gasteiger charge is 2.19. The standard InChI is InChI=1S/C20H23N5O/c1-2-9-22-17(5-1)6-10-25(13-16-4-3-8-21-12-16)14-20-18-15-26-11-7-19(18)23-24-20/h1-5,8-9,12H,6-7,10-11,13-15H2,(H,23,24). The zero-order valence-corrected chi connectivity index (χ0v) is 14.8. The van der Waals surface area contributed by atoms with E-state index in [1.54, 1.807) is 0 Å². The Hall–Kier alpha value is -2.57. The summed E-state index contributed by atoms with van der Waals surface area (Å²) in [7, 11) is 0. The van der Waals surface area contributed by atoms with Gasteiger partial charge in [0, 0.05) is 68.0 Å². The summed E-state index contributed by atoms with van der Waals surface area (Å²) < 4.78 is 5.63. The molecule has 0 saturated carbocycles. The van der Waals surface area contributed by atoms with Gasteiger partial charge in [0.15, 0.2) is 0 Å². The van der Waals surface area contributed by atoms with Crippen LogP contribution in [0, 0.1) is 0 Å². The van der Waals surface area contributed by atoms with Crippen LogP contribution in [0.1, 0.15) is 28.2 Å². The molecule has 3 aromatic rings. The lowest BCUT2D eigenvalue weighted by Gasteiger charge is -2.22. The summed E-state index contributed by atoms with van der Waals surface area (Å²) in [6, 6.07) is 10.2. The molecule has 6 heteroatoms. The molecule has 134 valence electrons. The third-order valence-electron chi connectivity index (χ3n) is 4.69. The lowest BCUT2D eigenvalue weighted by Crippen LogP contribution is -2.26. The monoisotopic (exact) mass is 349 g/mol. The van der Waals surface area contributed by atoms with E-state index >= 15 is 0 Å². The number of hydrogen-bond donors (Lipinski definition) is 1. The van der Waals surface area contributed by atoms with Crippen molar-refractivity contribution in [2.75, 3.05) is 13.2 Å². The second-order valence-electron chi connectivity index (χ2n) is 6.57. The van der Waals surface area contributed by atoms with Crippen molar-refractivity contribution in [1.82, 2.24) is 25.1 Å². The molecule has 0 fully saturated rings. The molecule has 0 aromatic carbocycles. The first-order valence-corrected chi connectivity index (χ1v) is 9.02. The maximum atomic E-state index is 5.63. The summed E-state index contributed by atoms with van der Waals surface area (Å²) in [6.07, 6.45) is 7.41. The first kappa shape index (κ1) is 16.9. The molecule has 4 rings (SSSR count). The van der Waals surface area contributed by atoms with Crippen LogP contribution >= 0.6 is 0 Å². The maximum Gasteiger partial charge on any atom is 0.0820 e. The van der Waals surface area contributed by atoms with Crippen molar-refractivity contribution in [2.45, 2.75) is 32.5 Å². The average molecular weight is 349 g/mol. The topological polar surface area (TPSA) is 66.9 Å². The summed E-state index contributed by atoms with van der Waals surface area (Å²) in [5, 5.41) is 7.74. The summed E-state index contributed by atoms with van der Waals surface area (Å²) in [4.78, 5) is 11.1. The number of H-pyrrole nitrogens is 1. The highest BCUT2D eigenvalue weighted by Crippen LogP contribution is 2.20. The van der Waals surface area contributed by atoms with Crippen LogP contribution in [-0.2, 0) is 37.3 Å². The molecule has 1 N–H and O–H groups in total. The lowest BCUT2D eigenvalue weighted by atomic mass is 10.1. The SMILES string of the molecule is c1ccc(CCN(Cc2cccnc2)Cc2n[nH]c3c2COCC3)nc1. The lowest BCUT2D eigenvalue weighted by molar-refractivity contribution is 0.108. The van der Waals surface area contributed by atoms with Crippen LogP contribution < -0.4 is 0 Å². The number of aromatic nitrogens is 4. The first-order chi connectivity index (χ1) is 12.9. The Morgan fingerprint density at radius 3 is 2.96 bits per heavy atom. The molecule has 4 heterocycles. The van der Waals surface area contributed by atoms with Gasteiger partial charge in [0.25, 0.3) is 0 Å². The molecule has 0 saturated heterocycles. The summed E-state index contributed by atoms with van der Waals surface area (Å²) in [6.45, 7) is 3.96. The van der Waals surface area contributed by atoms with Crippen LogP contribution in [0.2, 0.25) is 0 Å². The van der Waals surface area contributed by atoms with Gasteiger partial charge in [-0.3, -0.25) is 20.0 Å². The zero-order valence-electron chi connectivity index (χ0n) is 14.8. The number of nitrogens with one attached hydrogen (secondary N) is 1. The zero-order chi connectivity index (χ0) is 17.6.